The quantitative estimate of drug-likeness (QED) is 0.766. The van der Waals surface area contributed by atoms with Gasteiger partial charge in [-0.1, -0.05) is 0 Å². The Morgan fingerprint density at radius 2 is 1.94 bits per heavy atom. The van der Waals surface area contributed by atoms with E-state index in [1.807, 2.05) is 0 Å². The van der Waals surface area contributed by atoms with Crippen LogP contribution in [0.4, 0.5) is 0 Å². The van der Waals surface area contributed by atoms with Crippen molar-refractivity contribution in [2.24, 2.45) is 11.7 Å². The first-order valence-corrected chi connectivity index (χ1v) is 6.11. The number of nitriles is 1. The first-order chi connectivity index (χ1) is 7.53. The summed E-state index contributed by atoms with van der Waals surface area (Å²) in [5.41, 5.74) is 5.54. The Kier molecular flexibility index (Phi) is 3.20. The molecule has 4 heteroatoms. The molecule has 0 aromatic carbocycles. The fourth-order valence-corrected chi connectivity index (χ4v) is 2.64. The number of rotatable bonds is 3. The third-order valence-corrected chi connectivity index (χ3v) is 3.49. The number of nitrogens with zero attached hydrogens (tertiary/aromatic N) is 2. The van der Waals surface area contributed by atoms with Crippen molar-refractivity contribution in [3.05, 3.63) is 0 Å². The zero-order valence-corrected chi connectivity index (χ0v) is 10.1. The summed E-state index contributed by atoms with van der Waals surface area (Å²) in [6.07, 6.45) is 2.70. The average Bonchev–Trinajstić information content (AvgIpc) is 2.98. The highest BCUT2D eigenvalue weighted by molar-refractivity contribution is 5.15. The lowest BCUT2D eigenvalue weighted by atomic mass is 9.95. The smallest absolute Gasteiger partial charge is 0.119 e. The van der Waals surface area contributed by atoms with Crippen LogP contribution in [-0.2, 0) is 4.74 Å². The minimum absolute atomic E-state index is 0.242. The van der Waals surface area contributed by atoms with E-state index in [4.69, 9.17) is 10.5 Å². The van der Waals surface area contributed by atoms with E-state index in [-0.39, 0.29) is 12.2 Å². The summed E-state index contributed by atoms with van der Waals surface area (Å²) >= 11 is 0. The van der Waals surface area contributed by atoms with Crippen molar-refractivity contribution in [2.45, 2.75) is 44.4 Å². The molecule has 1 heterocycles. The molecule has 4 nitrogen and oxygen atoms in total. The summed E-state index contributed by atoms with van der Waals surface area (Å²) < 4.78 is 5.68. The molecule has 16 heavy (non-hydrogen) atoms. The average molecular weight is 223 g/mol. The van der Waals surface area contributed by atoms with Gasteiger partial charge in [0.25, 0.3) is 0 Å². The lowest BCUT2D eigenvalue weighted by Gasteiger charge is -2.38. The summed E-state index contributed by atoms with van der Waals surface area (Å²) in [6.45, 7) is 6.61. The van der Waals surface area contributed by atoms with E-state index < -0.39 is 5.54 Å². The van der Waals surface area contributed by atoms with Crippen LogP contribution in [0.15, 0.2) is 0 Å². The molecule has 2 rings (SSSR count). The minimum atomic E-state index is -0.642. The topological polar surface area (TPSA) is 62.3 Å². The van der Waals surface area contributed by atoms with Gasteiger partial charge in [0.1, 0.15) is 5.54 Å². The third-order valence-electron chi connectivity index (χ3n) is 3.49. The Balaban J connectivity index is 1.95. The molecule has 0 bridgehead atoms. The molecule has 1 saturated carbocycles. The van der Waals surface area contributed by atoms with Crippen molar-refractivity contribution >= 4 is 0 Å². The van der Waals surface area contributed by atoms with E-state index in [9.17, 15) is 5.26 Å². The van der Waals surface area contributed by atoms with Crippen LogP contribution in [0.1, 0.15) is 26.7 Å². The lowest BCUT2D eigenvalue weighted by Crippen LogP contribution is -2.56. The Morgan fingerprint density at radius 1 is 1.38 bits per heavy atom. The van der Waals surface area contributed by atoms with Crippen molar-refractivity contribution in [3.8, 4) is 6.07 Å². The minimum Gasteiger partial charge on any atom is -0.373 e. The zero-order chi connectivity index (χ0) is 11.8. The number of morpholine rings is 1. The van der Waals surface area contributed by atoms with E-state index in [1.54, 1.807) is 0 Å². The molecular formula is C12H21N3O. The van der Waals surface area contributed by atoms with Crippen molar-refractivity contribution < 1.29 is 4.74 Å². The zero-order valence-electron chi connectivity index (χ0n) is 10.1. The molecular weight excluding hydrogens is 202 g/mol. The fraction of sp³-hybridized carbons (Fsp3) is 0.917. The van der Waals surface area contributed by atoms with Crippen molar-refractivity contribution in [1.29, 1.82) is 5.26 Å². The maximum atomic E-state index is 9.23. The third kappa shape index (κ3) is 2.54. The summed E-state index contributed by atoms with van der Waals surface area (Å²) in [5, 5.41) is 9.23. The number of nitrogens with two attached hydrogens (primary N) is 1. The monoisotopic (exact) mass is 223 g/mol. The summed E-state index contributed by atoms with van der Waals surface area (Å²) in [7, 11) is 0. The van der Waals surface area contributed by atoms with Gasteiger partial charge in [0.05, 0.1) is 18.3 Å². The Hall–Kier alpha value is -0.630. The second-order valence-corrected chi connectivity index (χ2v) is 5.38. The summed E-state index contributed by atoms with van der Waals surface area (Å²) in [4.78, 5) is 2.28. The van der Waals surface area contributed by atoms with Crippen LogP contribution < -0.4 is 5.73 Å². The van der Waals surface area contributed by atoms with Gasteiger partial charge in [-0.05, 0) is 32.6 Å². The molecule has 1 unspecified atom stereocenters. The summed E-state index contributed by atoms with van der Waals surface area (Å²) in [6, 6.07) is 2.31. The van der Waals surface area contributed by atoms with Crippen LogP contribution in [0.2, 0.25) is 0 Å². The molecule has 1 aliphatic heterocycles. The van der Waals surface area contributed by atoms with Gasteiger partial charge in [-0.15, -0.1) is 0 Å². The molecule has 2 aliphatic rings. The largest absolute Gasteiger partial charge is 0.373 e. The molecule has 0 amide bonds. The molecule has 0 spiro atoms. The Bertz CT molecular complexity index is 287. The SMILES string of the molecule is C[C@@H]1CN(CC(N)(C#N)C2CC2)C[C@H](C)O1. The van der Waals surface area contributed by atoms with E-state index in [0.717, 1.165) is 25.9 Å². The van der Waals surface area contributed by atoms with Crippen LogP contribution >= 0.6 is 0 Å². The lowest BCUT2D eigenvalue weighted by molar-refractivity contribution is -0.0715. The predicted molar refractivity (Wildman–Crippen MR) is 61.7 cm³/mol. The number of hydrogen-bond acceptors (Lipinski definition) is 4. The first-order valence-electron chi connectivity index (χ1n) is 6.11. The normalized spacial score (nSPS) is 35.4. The molecule has 0 radical (unpaired) electrons. The molecule has 3 atom stereocenters. The van der Waals surface area contributed by atoms with Gasteiger partial charge < -0.3 is 10.5 Å². The van der Waals surface area contributed by atoms with Crippen molar-refractivity contribution in [2.75, 3.05) is 19.6 Å². The van der Waals surface area contributed by atoms with Crippen LogP contribution in [0, 0.1) is 17.2 Å². The van der Waals surface area contributed by atoms with Crippen LogP contribution in [0.3, 0.4) is 0 Å². The molecule has 0 aromatic heterocycles. The molecule has 1 aliphatic carbocycles. The molecule has 1 saturated heterocycles. The van der Waals surface area contributed by atoms with E-state index in [2.05, 4.69) is 24.8 Å². The van der Waals surface area contributed by atoms with Gasteiger partial charge in [-0.3, -0.25) is 4.90 Å². The van der Waals surface area contributed by atoms with Gasteiger partial charge in [0.15, 0.2) is 0 Å². The van der Waals surface area contributed by atoms with Gasteiger partial charge in [-0.25, -0.2) is 0 Å². The molecule has 0 aromatic rings. The van der Waals surface area contributed by atoms with Crippen LogP contribution in [-0.4, -0.2) is 42.3 Å². The molecule has 2 fully saturated rings. The van der Waals surface area contributed by atoms with Gasteiger partial charge in [0.2, 0.25) is 0 Å². The fourth-order valence-electron chi connectivity index (χ4n) is 2.64. The predicted octanol–water partition coefficient (Wildman–Crippen LogP) is 0.727. The maximum absolute atomic E-state index is 9.23. The van der Waals surface area contributed by atoms with E-state index >= 15 is 0 Å². The van der Waals surface area contributed by atoms with Crippen molar-refractivity contribution in [3.63, 3.8) is 0 Å². The maximum Gasteiger partial charge on any atom is 0.119 e. The van der Waals surface area contributed by atoms with E-state index in [1.165, 1.54) is 0 Å². The Labute approximate surface area is 97.3 Å². The number of ether oxygens (including phenoxy) is 1. The van der Waals surface area contributed by atoms with E-state index in [0.29, 0.717) is 12.5 Å². The van der Waals surface area contributed by atoms with Gasteiger partial charge in [0, 0.05) is 19.6 Å². The second kappa shape index (κ2) is 4.33. The molecule has 90 valence electrons. The van der Waals surface area contributed by atoms with Crippen LogP contribution in [0.25, 0.3) is 0 Å². The molecule has 2 N–H and O–H groups in total. The highest BCUT2D eigenvalue weighted by Gasteiger charge is 2.44. The first kappa shape index (κ1) is 11.8. The highest BCUT2D eigenvalue weighted by Crippen LogP contribution is 2.38. The number of hydrogen-bond donors (Lipinski definition) is 1. The van der Waals surface area contributed by atoms with Crippen molar-refractivity contribution in [1.82, 2.24) is 4.90 Å². The second-order valence-electron chi connectivity index (χ2n) is 5.38. The van der Waals surface area contributed by atoms with Gasteiger partial charge >= 0.3 is 0 Å². The Morgan fingerprint density at radius 3 is 2.38 bits per heavy atom. The highest BCUT2D eigenvalue weighted by atomic mass is 16.5. The van der Waals surface area contributed by atoms with Crippen LogP contribution in [0.5, 0.6) is 0 Å². The summed E-state index contributed by atoms with van der Waals surface area (Å²) in [5.74, 6) is 0.408. The van der Waals surface area contributed by atoms with Gasteiger partial charge in [-0.2, -0.15) is 5.26 Å². The standard InChI is InChI=1S/C12H21N3O/c1-9-5-15(6-10(2)16-9)8-12(14,7-13)11-3-4-11/h9-11H,3-6,8,14H2,1-2H3/t9-,10+,12?.